The average molecular weight is 368 g/mol. The molecule has 0 amide bonds. The first kappa shape index (κ1) is 16.3. The number of benzene rings is 2. The van der Waals surface area contributed by atoms with Gasteiger partial charge in [0.1, 0.15) is 21.9 Å². The van der Waals surface area contributed by atoms with E-state index in [4.69, 9.17) is 4.74 Å². The molecule has 5 heteroatoms. The van der Waals surface area contributed by atoms with Gasteiger partial charge in [-0.1, -0.05) is 28.7 Å². The van der Waals surface area contributed by atoms with Gasteiger partial charge in [-0.15, -0.1) is 0 Å². The average Bonchev–Trinajstić information content (AvgIpc) is 2.43. The van der Waals surface area contributed by atoms with Crippen LogP contribution in [0, 0.1) is 0 Å². The van der Waals surface area contributed by atoms with Gasteiger partial charge in [-0.3, -0.25) is 0 Å². The number of halogens is 1. The predicted octanol–water partition coefficient (Wildman–Crippen LogP) is 4.49. The molecule has 112 valence electrons. The monoisotopic (exact) mass is 367 g/mol. The number of hydrogen-bond acceptors (Lipinski definition) is 3. The van der Waals surface area contributed by atoms with E-state index in [1.165, 1.54) is 0 Å². The molecule has 0 fully saturated rings. The SMILES string of the molecule is COc1c(Br)cc(/C=N/[S+]([O-])C(C)(C)C)c2ccccc12. The number of hydrogen-bond donors (Lipinski definition) is 0. The molecule has 0 spiro atoms. The van der Waals surface area contributed by atoms with E-state index >= 15 is 0 Å². The summed E-state index contributed by atoms with van der Waals surface area (Å²) in [5.74, 6) is 0.791. The molecule has 0 aliphatic heterocycles. The van der Waals surface area contributed by atoms with Gasteiger partial charge < -0.3 is 9.29 Å². The zero-order valence-corrected chi connectivity index (χ0v) is 14.9. The molecule has 0 aromatic heterocycles. The van der Waals surface area contributed by atoms with Gasteiger partial charge in [0.2, 0.25) is 0 Å². The van der Waals surface area contributed by atoms with Crippen LogP contribution in [0.1, 0.15) is 26.3 Å². The van der Waals surface area contributed by atoms with Crippen molar-refractivity contribution in [2.45, 2.75) is 25.5 Å². The first-order valence-corrected chi connectivity index (χ1v) is 8.46. The first-order valence-electron chi connectivity index (χ1n) is 6.56. The van der Waals surface area contributed by atoms with Crippen molar-refractivity contribution in [2.75, 3.05) is 7.11 Å². The summed E-state index contributed by atoms with van der Waals surface area (Å²) in [6.45, 7) is 5.72. The van der Waals surface area contributed by atoms with Crippen LogP contribution in [0.4, 0.5) is 0 Å². The summed E-state index contributed by atoms with van der Waals surface area (Å²) < 4.78 is 22.2. The smallest absolute Gasteiger partial charge is 0.144 e. The Hall–Kier alpha value is -1.04. The van der Waals surface area contributed by atoms with Crippen molar-refractivity contribution in [2.24, 2.45) is 4.40 Å². The number of fused-ring (bicyclic) bond motifs is 1. The van der Waals surface area contributed by atoms with Crippen molar-refractivity contribution >= 4 is 44.3 Å². The Labute approximate surface area is 136 Å². The summed E-state index contributed by atoms with van der Waals surface area (Å²) in [5.41, 5.74) is 0.913. The third-order valence-corrected chi connectivity index (χ3v) is 4.93. The van der Waals surface area contributed by atoms with Crippen LogP contribution in [0.5, 0.6) is 5.75 Å². The minimum absolute atomic E-state index is 0.365. The summed E-state index contributed by atoms with van der Waals surface area (Å²) >= 11 is 2.24. The Kier molecular flexibility index (Phi) is 4.96. The Morgan fingerprint density at radius 1 is 1.24 bits per heavy atom. The lowest BCUT2D eigenvalue weighted by Crippen LogP contribution is -2.25. The van der Waals surface area contributed by atoms with Crippen LogP contribution in [-0.2, 0) is 11.4 Å². The summed E-state index contributed by atoms with van der Waals surface area (Å²) in [5, 5.41) is 2.02. The van der Waals surface area contributed by atoms with E-state index in [0.29, 0.717) is 0 Å². The van der Waals surface area contributed by atoms with Gasteiger partial charge >= 0.3 is 0 Å². The van der Waals surface area contributed by atoms with Crippen molar-refractivity contribution in [3.63, 3.8) is 0 Å². The second-order valence-electron chi connectivity index (χ2n) is 5.62. The molecule has 21 heavy (non-hydrogen) atoms. The van der Waals surface area contributed by atoms with Crippen LogP contribution in [0.3, 0.4) is 0 Å². The van der Waals surface area contributed by atoms with Crippen molar-refractivity contribution in [1.29, 1.82) is 0 Å². The van der Waals surface area contributed by atoms with Crippen LogP contribution in [0.25, 0.3) is 10.8 Å². The molecule has 0 N–H and O–H groups in total. The third kappa shape index (κ3) is 3.59. The Bertz CT molecular complexity index is 680. The highest BCUT2D eigenvalue weighted by Gasteiger charge is 2.26. The van der Waals surface area contributed by atoms with Crippen molar-refractivity contribution in [3.05, 3.63) is 40.4 Å². The predicted molar refractivity (Wildman–Crippen MR) is 93.7 cm³/mol. The maximum Gasteiger partial charge on any atom is 0.144 e. The lowest BCUT2D eigenvalue weighted by molar-refractivity contribution is 0.417. The van der Waals surface area contributed by atoms with Gasteiger partial charge in [-0.05, 0) is 48.2 Å². The van der Waals surface area contributed by atoms with Crippen molar-refractivity contribution in [1.82, 2.24) is 0 Å². The van der Waals surface area contributed by atoms with Gasteiger partial charge in [0, 0.05) is 10.9 Å². The van der Waals surface area contributed by atoms with Gasteiger partial charge in [-0.2, -0.15) is 0 Å². The van der Waals surface area contributed by atoms with Crippen LogP contribution >= 0.6 is 15.9 Å². The fraction of sp³-hybridized carbons (Fsp3) is 0.312. The second kappa shape index (κ2) is 6.38. The van der Waals surface area contributed by atoms with E-state index in [0.717, 1.165) is 26.6 Å². The lowest BCUT2D eigenvalue weighted by Gasteiger charge is -2.18. The standard InChI is InChI=1S/C16H18BrNO2S/c1-16(2,3)21(19)18-10-11-9-14(17)15(20-4)13-8-6-5-7-12(11)13/h5-10H,1-4H3/b18-10+. The van der Waals surface area contributed by atoms with Gasteiger partial charge in [0.25, 0.3) is 0 Å². The van der Waals surface area contributed by atoms with Crippen molar-refractivity contribution < 1.29 is 9.29 Å². The lowest BCUT2D eigenvalue weighted by atomic mass is 10.0. The molecular formula is C16H18BrNO2S. The molecule has 1 unspecified atom stereocenters. The number of nitrogens with zero attached hydrogens (tertiary/aromatic N) is 1. The van der Waals surface area contributed by atoms with E-state index in [2.05, 4.69) is 20.3 Å². The molecule has 0 radical (unpaired) electrons. The van der Waals surface area contributed by atoms with Gasteiger partial charge in [-0.25, -0.2) is 0 Å². The normalized spacial score (nSPS) is 13.8. The Balaban J connectivity index is 2.53. The quantitative estimate of drug-likeness (QED) is 0.592. The minimum atomic E-state index is -1.27. The van der Waals surface area contributed by atoms with E-state index in [9.17, 15) is 4.55 Å². The number of methoxy groups -OCH3 is 1. The molecule has 2 rings (SSSR count). The Morgan fingerprint density at radius 2 is 1.86 bits per heavy atom. The fourth-order valence-corrected chi connectivity index (χ4v) is 3.07. The molecule has 0 saturated carbocycles. The Morgan fingerprint density at radius 3 is 2.43 bits per heavy atom. The van der Waals surface area contributed by atoms with Gasteiger partial charge in [0.15, 0.2) is 0 Å². The molecule has 0 aliphatic carbocycles. The van der Waals surface area contributed by atoms with E-state index < -0.39 is 11.4 Å². The molecule has 0 aliphatic rings. The molecular weight excluding hydrogens is 350 g/mol. The first-order chi connectivity index (χ1) is 9.84. The molecule has 3 nitrogen and oxygen atoms in total. The van der Waals surface area contributed by atoms with Crippen LogP contribution in [0.15, 0.2) is 39.2 Å². The zero-order chi connectivity index (χ0) is 15.6. The highest BCUT2D eigenvalue weighted by Crippen LogP contribution is 2.35. The number of rotatable bonds is 3. The largest absolute Gasteiger partial charge is 0.591 e. The maximum absolute atomic E-state index is 12.1. The molecule has 1 atom stereocenters. The fourth-order valence-electron chi connectivity index (χ4n) is 1.92. The van der Waals surface area contributed by atoms with E-state index in [1.54, 1.807) is 13.3 Å². The summed E-state index contributed by atoms with van der Waals surface area (Å²) in [6.07, 6.45) is 1.67. The molecule has 2 aromatic carbocycles. The molecule has 2 aromatic rings. The minimum Gasteiger partial charge on any atom is -0.591 e. The molecule has 0 bridgehead atoms. The highest BCUT2D eigenvalue weighted by molar-refractivity contribution is 9.10. The van der Waals surface area contributed by atoms with Crippen LogP contribution in [0.2, 0.25) is 0 Å². The maximum atomic E-state index is 12.1. The zero-order valence-electron chi connectivity index (χ0n) is 12.5. The third-order valence-electron chi connectivity index (χ3n) is 3.00. The highest BCUT2D eigenvalue weighted by atomic mass is 79.9. The van der Waals surface area contributed by atoms with Crippen LogP contribution in [-0.4, -0.2) is 22.6 Å². The molecule has 0 heterocycles. The van der Waals surface area contributed by atoms with E-state index in [-0.39, 0.29) is 4.75 Å². The van der Waals surface area contributed by atoms with Crippen molar-refractivity contribution in [3.8, 4) is 5.75 Å². The second-order valence-corrected chi connectivity index (χ2v) is 8.41. The summed E-state index contributed by atoms with van der Waals surface area (Å²) in [7, 11) is 1.65. The van der Waals surface area contributed by atoms with Crippen LogP contribution < -0.4 is 4.74 Å². The van der Waals surface area contributed by atoms with Gasteiger partial charge in [0.05, 0.1) is 17.8 Å². The summed E-state index contributed by atoms with van der Waals surface area (Å²) in [6, 6.07) is 9.87. The number of ether oxygens (including phenoxy) is 1. The molecule has 0 saturated heterocycles. The summed E-state index contributed by atoms with van der Waals surface area (Å²) in [4.78, 5) is 0. The topological polar surface area (TPSA) is 44.6 Å². The van der Waals surface area contributed by atoms with E-state index in [1.807, 2.05) is 51.1 Å².